The second-order valence-corrected chi connectivity index (χ2v) is 7.46. The largest absolute Gasteiger partial charge is 0.480 e. The third-order valence-corrected chi connectivity index (χ3v) is 5.21. The van der Waals surface area contributed by atoms with Crippen LogP contribution in [0.5, 0.6) is 5.88 Å². The lowest BCUT2D eigenvalue weighted by molar-refractivity contribution is -0.167. The Morgan fingerprint density at radius 2 is 1.83 bits per heavy atom. The van der Waals surface area contributed by atoms with Crippen molar-refractivity contribution in [2.75, 3.05) is 30.4 Å². The number of ether oxygens (including phenoxy) is 1. The number of amides is 1. The molecule has 0 unspecified atom stereocenters. The number of rotatable bonds is 5. The molecule has 2 heterocycles. The molecule has 0 saturated carbocycles. The number of nitrogens with one attached hydrogen (secondary N) is 1. The standard InChI is InChI=1S/C21H25F3N4O2/c1-14-11-27(12-15(2)28(14)13-16-7-5-4-6-8-16)17-9-18(19(30-3)25-10-17)26-20(29)21(22,23)24/h4-10,14-15H,11-13H2,1-3H3,(H,26,29)/t14-,15+. The molecule has 1 aromatic heterocycles. The Labute approximate surface area is 173 Å². The topological polar surface area (TPSA) is 57.7 Å². The van der Waals surface area contributed by atoms with E-state index in [0.29, 0.717) is 18.8 Å². The Bertz CT molecular complexity index is 864. The van der Waals surface area contributed by atoms with Gasteiger partial charge >= 0.3 is 12.1 Å². The minimum atomic E-state index is -4.99. The van der Waals surface area contributed by atoms with E-state index in [-0.39, 0.29) is 23.7 Å². The molecule has 2 aromatic rings. The molecule has 30 heavy (non-hydrogen) atoms. The number of benzene rings is 1. The molecular weight excluding hydrogens is 397 g/mol. The number of piperazine rings is 1. The van der Waals surface area contributed by atoms with E-state index >= 15 is 0 Å². The highest BCUT2D eigenvalue weighted by Crippen LogP contribution is 2.31. The monoisotopic (exact) mass is 422 g/mol. The quantitative estimate of drug-likeness (QED) is 0.797. The highest BCUT2D eigenvalue weighted by molar-refractivity contribution is 5.96. The number of pyridine rings is 1. The van der Waals surface area contributed by atoms with Gasteiger partial charge in [-0.25, -0.2) is 4.98 Å². The molecule has 1 aliphatic heterocycles. The second-order valence-electron chi connectivity index (χ2n) is 7.46. The zero-order valence-corrected chi connectivity index (χ0v) is 17.1. The molecule has 9 heteroatoms. The molecule has 162 valence electrons. The third kappa shape index (κ3) is 5.02. The summed E-state index contributed by atoms with van der Waals surface area (Å²) < 4.78 is 43.0. The minimum absolute atomic E-state index is 0.0693. The number of hydrogen-bond acceptors (Lipinski definition) is 5. The van der Waals surface area contributed by atoms with E-state index in [4.69, 9.17) is 4.74 Å². The molecule has 0 bridgehead atoms. The van der Waals surface area contributed by atoms with Crippen molar-refractivity contribution >= 4 is 17.3 Å². The van der Waals surface area contributed by atoms with Gasteiger partial charge in [0.25, 0.3) is 0 Å². The molecule has 6 nitrogen and oxygen atoms in total. The normalized spacial score (nSPS) is 20.1. The number of nitrogens with zero attached hydrogens (tertiary/aromatic N) is 3. The van der Waals surface area contributed by atoms with Crippen LogP contribution in [0.1, 0.15) is 19.4 Å². The number of anilines is 2. The lowest BCUT2D eigenvalue weighted by Crippen LogP contribution is -2.56. The summed E-state index contributed by atoms with van der Waals surface area (Å²) in [5, 5.41) is 1.86. The van der Waals surface area contributed by atoms with Crippen molar-refractivity contribution in [3.63, 3.8) is 0 Å². The van der Waals surface area contributed by atoms with Crippen LogP contribution in [0.4, 0.5) is 24.5 Å². The SMILES string of the molecule is COc1ncc(N2C[C@@H](C)N(Cc3ccccc3)[C@@H](C)C2)cc1NC(=O)C(F)(F)F. The fraction of sp³-hybridized carbons (Fsp3) is 0.429. The first-order valence-corrected chi connectivity index (χ1v) is 9.66. The number of alkyl halides is 3. The van der Waals surface area contributed by atoms with Crippen LogP contribution >= 0.6 is 0 Å². The highest BCUT2D eigenvalue weighted by atomic mass is 19.4. The molecule has 1 N–H and O–H groups in total. The third-order valence-electron chi connectivity index (χ3n) is 5.21. The van der Waals surface area contributed by atoms with Crippen LogP contribution in [0.3, 0.4) is 0 Å². The fourth-order valence-corrected chi connectivity index (χ4v) is 3.73. The van der Waals surface area contributed by atoms with Crippen molar-refractivity contribution < 1.29 is 22.7 Å². The van der Waals surface area contributed by atoms with Gasteiger partial charge in [0, 0.05) is 31.7 Å². The second kappa shape index (κ2) is 8.91. The number of halogens is 3. The minimum Gasteiger partial charge on any atom is -0.480 e. The van der Waals surface area contributed by atoms with Crippen LogP contribution in [0.25, 0.3) is 0 Å². The van der Waals surface area contributed by atoms with Gasteiger partial charge in [0.1, 0.15) is 5.69 Å². The summed E-state index contributed by atoms with van der Waals surface area (Å²) in [6.45, 7) is 6.42. The van der Waals surface area contributed by atoms with Gasteiger partial charge in [-0.05, 0) is 25.5 Å². The molecule has 1 aliphatic rings. The predicted molar refractivity (Wildman–Crippen MR) is 109 cm³/mol. The first-order valence-electron chi connectivity index (χ1n) is 9.66. The molecule has 0 aliphatic carbocycles. The Kier molecular flexibility index (Phi) is 6.50. The fourth-order valence-electron chi connectivity index (χ4n) is 3.73. The van der Waals surface area contributed by atoms with Gasteiger partial charge in [-0.2, -0.15) is 13.2 Å². The van der Waals surface area contributed by atoms with E-state index in [1.807, 2.05) is 23.5 Å². The van der Waals surface area contributed by atoms with E-state index in [9.17, 15) is 18.0 Å². The smallest absolute Gasteiger partial charge is 0.471 e. The molecule has 1 aromatic carbocycles. The first-order chi connectivity index (χ1) is 14.2. The Morgan fingerprint density at radius 3 is 2.40 bits per heavy atom. The summed E-state index contributed by atoms with van der Waals surface area (Å²) in [7, 11) is 1.29. The summed E-state index contributed by atoms with van der Waals surface area (Å²) in [5.41, 5.74) is 1.75. The van der Waals surface area contributed by atoms with E-state index in [2.05, 4.69) is 40.8 Å². The maximum Gasteiger partial charge on any atom is 0.471 e. The first kappa shape index (κ1) is 21.9. The Balaban J connectivity index is 1.76. The van der Waals surface area contributed by atoms with E-state index in [1.54, 1.807) is 6.20 Å². The van der Waals surface area contributed by atoms with Crippen molar-refractivity contribution in [2.24, 2.45) is 0 Å². The van der Waals surface area contributed by atoms with Crippen LogP contribution in [0.15, 0.2) is 42.6 Å². The van der Waals surface area contributed by atoms with Gasteiger partial charge in [0.05, 0.1) is 19.0 Å². The number of carbonyl (C=O) groups excluding carboxylic acids is 1. The van der Waals surface area contributed by atoms with Crippen molar-refractivity contribution in [1.29, 1.82) is 0 Å². The highest BCUT2D eigenvalue weighted by Gasteiger charge is 2.39. The Morgan fingerprint density at radius 1 is 1.20 bits per heavy atom. The predicted octanol–water partition coefficient (Wildman–Crippen LogP) is 3.69. The summed E-state index contributed by atoms with van der Waals surface area (Å²) in [6.07, 6.45) is -3.44. The van der Waals surface area contributed by atoms with Crippen LogP contribution in [-0.4, -0.2) is 54.3 Å². The molecule has 0 spiro atoms. The number of methoxy groups -OCH3 is 1. The summed E-state index contributed by atoms with van der Waals surface area (Å²) in [6, 6.07) is 12.1. The molecule has 1 amide bonds. The van der Waals surface area contributed by atoms with Gasteiger partial charge in [0.15, 0.2) is 0 Å². The van der Waals surface area contributed by atoms with E-state index in [0.717, 1.165) is 6.54 Å². The average molecular weight is 422 g/mol. The molecule has 1 fully saturated rings. The van der Waals surface area contributed by atoms with Gasteiger partial charge in [-0.15, -0.1) is 0 Å². The number of hydrogen-bond donors (Lipinski definition) is 1. The zero-order chi connectivity index (χ0) is 21.9. The van der Waals surface area contributed by atoms with Crippen LogP contribution < -0.4 is 15.0 Å². The maximum atomic E-state index is 12.7. The van der Waals surface area contributed by atoms with Crippen LogP contribution in [0.2, 0.25) is 0 Å². The number of carbonyl (C=O) groups is 1. The maximum absolute atomic E-state index is 12.7. The van der Waals surface area contributed by atoms with Crippen LogP contribution in [-0.2, 0) is 11.3 Å². The lowest BCUT2D eigenvalue weighted by atomic mass is 10.1. The van der Waals surface area contributed by atoms with Crippen LogP contribution in [0, 0.1) is 0 Å². The summed E-state index contributed by atoms with van der Waals surface area (Å²) in [4.78, 5) is 19.9. The van der Waals surface area contributed by atoms with Gasteiger partial charge in [-0.3, -0.25) is 9.69 Å². The molecule has 2 atom stereocenters. The van der Waals surface area contributed by atoms with Crippen molar-refractivity contribution in [1.82, 2.24) is 9.88 Å². The van der Waals surface area contributed by atoms with E-state index in [1.165, 1.54) is 18.7 Å². The van der Waals surface area contributed by atoms with Gasteiger partial charge in [-0.1, -0.05) is 30.3 Å². The van der Waals surface area contributed by atoms with Crippen molar-refractivity contribution in [3.05, 3.63) is 48.2 Å². The van der Waals surface area contributed by atoms with Gasteiger partial charge < -0.3 is 15.0 Å². The molecule has 3 rings (SSSR count). The molecule has 1 saturated heterocycles. The summed E-state index contributed by atoms with van der Waals surface area (Å²) in [5.74, 6) is -2.13. The van der Waals surface area contributed by atoms with Crippen molar-refractivity contribution in [3.8, 4) is 5.88 Å². The molecular formula is C21H25F3N4O2. The number of aromatic nitrogens is 1. The Hall–Kier alpha value is -2.81. The van der Waals surface area contributed by atoms with E-state index < -0.39 is 12.1 Å². The molecule has 0 radical (unpaired) electrons. The lowest BCUT2D eigenvalue weighted by Gasteiger charge is -2.45. The van der Waals surface area contributed by atoms with Crippen molar-refractivity contribution in [2.45, 2.75) is 38.7 Å². The summed E-state index contributed by atoms with van der Waals surface area (Å²) >= 11 is 0. The zero-order valence-electron chi connectivity index (χ0n) is 17.1. The average Bonchev–Trinajstić information content (AvgIpc) is 2.70. The van der Waals surface area contributed by atoms with Gasteiger partial charge in [0.2, 0.25) is 5.88 Å².